The SMILES string of the molecule is CCCS(=O)(=O)N1CCCC(CC(C)(C)C)C1. The lowest BCUT2D eigenvalue weighted by Crippen LogP contribution is -2.41. The van der Waals surface area contributed by atoms with E-state index in [9.17, 15) is 8.42 Å². The highest BCUT2D eigenvalue weighted by Crippen LogP contribution is 2.31. The molecule has 1 atom stereocenters. The van der Waals surface area contributed by atoms with Crippen molar-refractivity contribution in [2.75, 3.05) is 18.8 Å². The van der Waals surface area contributed by atoms with E-state index in [1.807, 2.05) is 6.92 Å². The fraction of sp³-hybridized carbons (Fsp3) is 1.00. The first kappa shape index (κ1) is 15.0. The normalized spacial score (nSPS) is 23.9. The second kappa shape index (κ2) is 5.70. The van der Waals surface area contributed by atoms with Gasteiger partial charge in [0.1, 0.15) is 0 Å². The van der Waals surface area contributed by atoms with Crippen molar-refractivity contribution in [1.82, 2.24) is 4.31 Å². The van der Waals surface area contributed by atoms with Crippen LogP contribution >= 0.6 is 0 Å². The highest BCUT2D eigenvalue weighted by atomic mass is 32.2. The Hall–Kier alpha value is -0.0900. The first-order valence-electron chi connectivity index (χ1n) is 6.72. The van der Waals surface area contributed by atoms with E-state index in [2.05, 4.69) is 20.8 Å². The third-order valence-electron chi connectivity index (χ3n) is 3.24. The second-order valence-corrected chi connectivity index (χ2v) is 8.54. The summed E-state index contributed by atoms with van der Waals surface area (Å²) in [5, 5.41) is 0. The Morgan fingerprint density at radius 2 is 1.94 bits per heavy atom. The van der Waals surface area contributed by atoms with Crippen LogP contribution < -0.4 is 0 Å². The summed E-state index contributed by atoms with van der Waals surface area (Å²) < 4.78 is 25.8. The number of nitrogens with zero attached hydrogens (tertiary/aromatic N) is 1. The topological polar surface area (TPSA) is 37.4 Å². The van der Waals surface area contributed by atoms with Crippen LogP contribution in [-0.4, -0.2) is 31.6 Å². The molecule has 1 rings (SSSR count). The average Bonchev–Trinajstić information content (AvgIpc) is 2.15. The summed E-state index contributed by atoms with van der Waals surface area (Å²) in [5.41, 5.74) is 0.294. The Balaban J connectivity index is 2.61. The van der Waals surface area contributed by atoms with Crippen molar-refractivity contribution < 1.29 is 8.42 Å². The minimum atomic E-state index is -2.99. The van der Waals surface area contributed by atoms with Gasteiger partial charge in [-0.2, -0.15) is 0 Å². The molecule has 0 aromatic carbocycles. The van der Waals surface area contributed by atoms with Crippen molar-refractivity contribution in [3.8, 4) is 0 Å². The van der Waals surface area contributed by atoms with Crippen LogP contribution in [0.4, 0.5) is 0 Å². The number of rotatable bonds is 4. The van der Waals surface area contributed by atoms with Gasteiger partial charge in [0.2, 0.25) is 10.0 Å². The Labute approximate surface area is 107 Å². The molecule has 0 aliphatic carbocycles. The summed E-state index contributed by atoms with van der Waals surface area (Å²) in [6.45, 7) is 10.1. The average molecular weight is 261 g/mol. The molecule has 0 saturated carbocycles. The number of piperidine rings is 1. The summed E-state index contributed by atoms with van der Waals surface area (Å²) >= 11 is 0. The van der Waals surface area contributed by atoms with Crippen molar-refractivity contribution in [3.63, 3.8) is 0 Å². The number of hydrogen-bond acceptors (Lipinski definition) is 2. The molecule has 17 heavy (non-hydrogen) atoms. The third kappa shape index (κ3) is 4.96. The van der Waals surface area contributed by atoms with E-state index in [1.54, 1.807) is 4.31 Å². The molecule has 0 bridgehead atoms. The van der Waals surface area contributed by atoms with Gasteiger partial charge >= 0.3 is 0 Å². The molecule has 1 unspecified atom stereocenters. The Kier molecular flexibility index (Phi) is 5.02. The van der Waals surface area contributed by atoms with Crippen LogP contribution in [0.3, 0.4) is 0 Å². The van der Waals surface area contributed by atoms with E-state index < -0.39 is 10.0 Å². The van der Waals surface area contributed by atoms with E-state index >= 15 is 0 Å². The maximum Gasteiger partial charge on any atom is 0.214 e. The monoisotopic (exact) mass is 261 g/mol. The molecule has 4 heteroatoms. The van der Waals surface area contributed by atoms with Crippen LogP contribution in [0.1, 0.15) is 53.4 Å². The summed E-state index contributed by atoms with van der Waals surface area (Å²) in [6.07, 6.45) is 4.02. The standard InChI is InChI=1S/C13H27NO2S/c1-5-9-17(15,16)14-8-6-7-12(11-14)10-13(2,3)4/h12H,5-11H2,1-4H3. The van der Waals surface area contributed by atoms with E-state index in [1.165, 1.54) is 6.42 Å². The molecule has 1 heterocycles. The molecule has 0 aromatic heterocycles. The summed E-state index contributed by atoms with van der Waals surface area (Å²) in [5.74, 6) is 0.838. The van der Waals surface area contributed by atoms with Crippen molar-refractivity contribution in [2.24, 2.45) is 11.3 Å². The first-order chi connectivity index (χ1) is 7.74. The van der Waals surface area contributed by atoms with Crippen molar-refractivity contribution >= 4 is 10.0 Å². The molecule has 1 fully saturated rings. The molecule has 3 nitrogen and oxygen atoms in total. The maximum atomic E-state index is 12.0. The van der Waals surface area contributed by atoms with Crippen molar-refractivity contribution in [2.45, 2.75) is 53.4 Å². The zero-order chi connectivity index (χ0) is 13.1. The lowest BCUT2D eigenvalue weighted by Gasteiger charge is -2.35. The number of sulfonamides is 1. The van der Waals surface area contributed by atoms with Gasteiger partial charge in [0.15, 0.2) is 0 Å². The molecular weight excluding hydrogens is 234 g/mol. The van der Waals surface area contributed by atoms with Crippen LogP contribution in [0.25, 0.3) is 0 Å². The van der Waals surface area contributed by atoms with Crippen LogP contribution in [-0.2, 0) is 10.0 Å². The van der Waals surface area contributed by atoms with E-state index in [4.69, 9.17) is 0 Å². The van der Waals surface area contributed by atoms with Gasteiger partial charge in [0.05, 0.1) is 5.75 Å². The Morgan fingerprint density at radius 3 is 2.47 bits per heavy atom. The quantitative estimate of drug-likeness (QED) is 0.780. The largest absolute Gasteiger partial charge is 0.214 e. The second-order valence-electron chi connectivity index (χ2n) is 6.45. The van der Waals surface area contributed by atoms with Gasteiger partial charge in [-0.1, -0.05) is 27.7 Å². The van der Waals surface area contributed by atoms with Crippen LogP contribution in [0.15, 0.2) is 0 Å². The highest BCUT2D eigenvalue weighted by molar-refractivity contribution is 7.89. The summed E-state index contributed by atoms with van der Waals surface area (Å²) in [6, 6.07) is 0. The van der Waals surface area contributed by atoms with Crippen LogP contribution in [0.5, 0.6) is 0 Å². The molecule has 102 valence electrons. The minimum Gasteiger partial charge on any atom is -0.212 e. The summed E-state index contributed by atoms with van der Waals surface area (Å²) in [7, 11) is -2.99. The molecule has 0 spiro atoms. The van der Waals surface area contributed by atoms with Gasteiger partial charge in [-0.3, -0.25) is 0 Å². The molecule has 0 amide bonds. The Bertz CT molecular complexity index is 330. The predicted octanol–water partition coefficient (Wildman–Crippen LogP) is 2.87. The summed E-state index contributed by atoms with van der Waals surface area (Å²) in [4.78, 5) is 0. The Morgan fingerprint density at radius 1 is 1.29 bits per heavy atom. The molecule has 1 aliphatic heterocycles. The van der Waals surface area contributed by atoms with Gasteiger partial charge in [-0.25, -0.2) is 12.7 Å². The highest BCUT2D eigenvalue weighted by Gasteiger charge is 2.30. The van der Waals surface area contributed by atoms with Gasteiger partial charge in [0.25, 0.3) is 0 Å². The molecule has 0 aromatic rings. The van der Waals surface area contributed by atoms with Crippen LogP contribution in [0, 0.1) is 11.3 Å². The zero-order valence-corrected chi connectivity index (χ0v) is 12.5. The lowest BCUT2D eigenvalue weighted by molar-refractivity contribution is 0.201. The molecule has 1 saturated heterocycles. The van der Waals surface area contributed by atoms with Gasteiger partial charge in [0, 0.05) is 13.1 Å². The molecule has 1 aliphatic rings. The minimum absolute atomic E-state index is 0.294. The molecular formula is C13H27NO2S. The molecule has 0 N–H and O–H groups in total. The van der Waals surface area contributed by atoms with Gasteiger partial charge in [-0.15, -0.1) is 0 Å². The smallest absolute Gasteiger partial charge is 0.212 e. The van der Waals surface area contributed by atoms with Gasteiger partial charge < -0.3 is 0 Å². The first-order valence-corrected chi connectivity index (χ1v) is 8.33. The van der Waals surface area contributed by atoms with E-state index in [0.717, 1.165) is 25.9 Å². The van der Waals surface area contributed by atoms with Crippen molar-refractivity contribution in [1.29, 1.82) is 0 Å². The number of hydrogen-bond donors (Lipinski definition) is 0. The van der Waals surface area contributed by atoms with Crippen LogP contribution in [0.2, 0.25) is 0 Å². The van der Waals surface area contributed by atoms with Crippen molar-refractivity contribution in [3.05, 3.63) is 0 Å². The maximum absolute atomic E-state index is 12.0. The van der Waals surface area contributed by atoms with Gasteiger partial charge in [-0.05, 0) is 37.0 Å². The van der Waals surface area contributed by atoms with E-state index in [-0.39, 0.29) is 0 Å². The fourth-order valence-corrected chi connectivity index (χ4v) is 4.32. The molecule has 0 radical (unpaired) electrons. The zero-order valence-electron chi connectivity index (χ0n) is 11.7. The third-order valence-corrected chi connectivity index (χ3v) is 5.28. The fourth-order valence-electron chi connectivity index (χ4n) is 2.70. The predicted molar refractivity (Wildman–Crippen MR) is 72.4 cm³/mol. The lowest BCUT2D eigenvalue weighted by atomic mass is 9.81. The van der Waals surface area contributed by atoms with E-state index in [0.29, 0.717) is 23.5 Å².